The van der Waals surface area contributed by atoms with Crippen molar-refractivity contribution in [3.8, 4) is 5.75 Å². The Morgan fingerprint density at radius 2 is 1.62 bits per heavy atom. The fourth-order valence-corrected chi connectivity index (χ4v) is 4.49. The average molecular weight is 463 g/mol. The Hall–Kier alpha value is -2.91. The number of rotatable bonds is 10. The quantitative estimate of drug-likeness (QED) is 0.545. The molecule has 0 aliphatic heterocycles. The minimum absolute atomic E-state index is 0.0471. The lowest BCUT2D eigenvalue weighted by Gasteiger charge is -2.36. The lowest BCUT2D eigenvalue weighted by atomic mass is 9.83. The third-order valence-electron chi connectivity index (χ3n) is 5.18. The third kappa shape index (κ3) is 6.08. The summed E-state index contributed by atoms with van der Waals surface area (Å²) in [4.78, 5) is 27.2. The summed E-state index contributed by atoms with van der Waals surface area (Å²) in [6.07, 6.45) is -0.388. The summed E-state index contributed by atoms with van der Waals surface area (Å²) in [5.41, 5.74) is -1.05. The number of methoxy groups -OCH3 is 1. The van der Waals surface area contributed by atoms with Gasteiger partial charge in [-0.25, -0.2) is 13.2 Å². The van der Waals surface area contributed by atoms with Gasteiger partial charge in [0.2, 0.25) is 15.9 Å². The summed E-state index contributed by atoms with van der Waals surface area (Å²) >= 11 is 0. The van der Waals surface area contributed by atoms with Gasteiger partial charge in [-0.1, -0.05) is 44.2 Å². The van der Waals surface area contributed by atoms with Crippen LogP contribution in [-0.2, 0) is 31.0 Å². The Morgan fingerprint density at radius 1 is 1.03 bits per heavy atom. The van der Waals surface area contributed by atoms with Gasteiger partial charge in [0.1, 0.15) is 17.9 Å². The fraction of sp³-hybridized carbons (Fsp3) is 0.391. The first-order valence-corrected chi connectivity index (χ1v) is 11.6. The second kappa shape index (κ2) is 10.6. The van der Waals surface area contributed by atoms with Crippen molar-refractivity contribution < 1.29 is 27.5 Å². The normalized spacial score (nSPS) is 13.3. The van der Waals surface area contributed by atoms with Gasteiger partial charge in [0.05, 0.1) is 18.4 Å². The first kappa shape index (κ1) is 25.4. The minimum Gasteiger partial charge on any atom is -0.497 e. The molecule has 0 aliphatic carbocycles. The number of hydrogen-bond acceptors (Lipinski definition) is 6. The number of sulfonamides is 1. The van der Waals surface area contributed by atoms with Crippen molar-refractivity contribution in [1.82, 2.24) is 9.62 Å². The number of amides is 1. The van der Waals surface area contributed by atoms with E-state index in [1.165, 1.54) is 36.3 Å². The van der Waals surface area contributed by atoms with E-state index in [0.29, 0.717) is 5.75 Å². The monoisotopic (exact) mass is 462 g/mol. The third-order valence-corrected chi connectivity index (χ3v) is 6.70. The smallest absolute Gasteiger partial charge is 0.328 e. The van der Waals surface area contributed by atoms with E-state index in [1.54, 1.807) is 52.2 Å². The van der Waals surface area contributed by atoms with Gasteiger partial charge in [-0.2, -0.15) is 4.72 Å². The van der Waals surface area contributed by atoms with Crippen LogP contribution in [0.25, 0.3) is 0 Å². The number of carbonyl (C=O) groups excluding carboxylic acids is 2. The number of hydrogen-bond donors (Lipinski definition) is 1. The van der Waals surface area contributed by atoms with E-state index in [2.05, 4.69) is 4.72 Å². The van der Waals surface area contributed by atoms with Gasteiger partial charge >= 0.3 is 5.97 Å². The van der Waals surface area contributed by atoms with Crippen LogP contribution in [0.4, 0.5) is 0 Å². The van der Waals surface area contributed by atoms with Gasteiger partial charge in [-0.05, 0) is 35.7 Å². The molecule has 8 nitrogen and oxygen atoms in total. The van der Waals surface area contributed by atoms with Crippen LogP contribution in [0.1, 0.15) is 25.8 Å². The molecule has 0 radical (unpaired) electrons. The first-order chi connectivity index (χ1) is 15.0. The Bertz CT molecular complexity index is 1020. The molecule has 0 saturated carbocycles. The number of carbonyl (C=O) groups is 2. The zero-order chi connectivity index (χ0) is 23.9. The molecule has 1 amide bonds. The van der Waals surface area contributed by atoms with Crippen molar-refractivity contribution in [3.05, 3.63) is 60.2 Å². The molecule has 1 N–H and O–H groups in total. The van der Waals surface area contributed by atoms with Crippen molar-refractivity contribution in [1.29, 1.82) is 0 Å². The molecule has 2 rings (SSSR count). The number of nitrogens with one attached hydrogen (secondary N) is 1. The highest BCUT2D eigenvalue weighted by Crippen LogP contribution is 2.28. The van der Waals surface area contributed by atoms with E-state index in [1.807, 2.05) is 6.07 Å². The van der Waals surface area contributed by atoms with Crippen LogP contribution in [0.3, 0.4) is 0 Å². The van der Waals surface area contributed by atoms with E-state index in [-0.39, 0.29) is 17.9 Å². The molecular formula is C23H30N2O6S. The Balaban J connectivity index is 2.42. The number of benzene rings is 2. The van der Waals surface area contributed by atoms with E-state index in [4.69, 9.17) is 9.47 Å². The summed E-state index contributed by atoms with van der Waals surface area (Å²) in [6, 6.07) is 14.8. The lowest BCUT2D eigenvalue weighted by molar-refractivity contribution is -0.157. The van der Waals surface area contributed by atoms with E-state index in [9.17, 15) is 18.0 Å². The van der Waals surface area contributed by atoms with Crippen LogP contribution < -0.4 is 9.46 Å². The highest BCUT2D eigenvalue weighted by atomic mass is 32.2. The van der Waals surface area contributed by atoms with E-state index >= 15 is 0 Å². The van der Waals surface area contributed by atoms with Crippen molar-refractivity contribution in [2.45, 2.75) is 37.3 Å². The van der Waals surface area contributed by atoms with Crippen molar-refractivity contribution in [2.24, 2.45) is 5.92 Å². The summed E-state index contributed by atoms with van der Waals surface area (Å²) < 4.78 is 39.5. The largest absolute Gasteiger partial charge is 0.497 e. The van der Waals surface area contributed by atoms with E-state index < -0.39 is 33.4 Å². The number of esters is 1. The molecule has 32 heavy (non-hydrogen) atoms. The molecule has 0 spiro atoms. The van der Waals surface area contributed by atoms with Crippen molar-refractivity contribution >= 4 is 21.9 Å². The van der Waals surface area contributed by atoms with Crippen LogP contribution in [0.15, 0.2) is 59.5 Å². The molecule has 0 bridgehead atoms. The molecule has 1 unspecified atom stereocenters. The molecule has 9 heteroatoms. The summed E-state index contributed by atoms with van der Waals surface area (Å²) in [7, 11) is 0.394. The zero-order valence-electron chi connectivity index (χ0n) is 19.0. The maximum atomic E-state index is 13.3. The SMILES string of the molecule is COc1ccc(S(=O)(=O)NC(CC(=O)N(C)C)(C(=O)OCc2ccccc2)C(C)C)cc1. The summed E-state index contributed by atoms with van der Waals surface area (Å²) in [6.45, 7) is 3.29. The highest BCUT2D eigenvalue weighted by Gasteiger charge is 2.48. The van der Waals surface area contributed by atoms with Gasteiger partial charge < -0.3 is 14.4 Å². The van der Waals surface area contributed by atoms with Crippen LogP contribution >= 0.6 is 0 Å². The molecule has 1 atom stereocenters. The maximum Gasteiger partial charge on any atom is 0.328 e. The van der Waals surface area contributed by atoms with Gasteiger partial charge in [-0.3, -0.25) is 4.79 Å². The molecule has 0 saturated heterocycles. The predicted molar refractivity (Wildman–Crippen MR) is 120 cm³/mol. The standard InChI is InChI=1S/C23H30N2O6S/c1-17(2)23(15-21(26)25(3)4,22(27)31-16-18-9-7-6-8-10-18)24-32(28,29)20-13-11-19(30-5)12-14-20/h6-14,17,24H,15-16H2,1-5H3. The maximum absolute atomic E-state index is 13.3. The van der Waals surface area contributed by atoms with Crippen LogP contribution in [0.2, 0.25) is 0 Å². The second-order valence-electron chi connectivity index (χ2n) is 7.93. The Kier molecular flexibility index (Phi) is 8.40. The van der Waals surface area contributed by atoms with Crippen LogP contribution in [0, 0.1) is 5.92 Å². The van der Waals surface area contributed by atoms with Crippen LogP contribution in [0.5, 0.6) is 5.75 Å². The lowest BCUT2D eigenvalue weighted by Crippen LogP contribution is -2.60. The van der Waals surface area contributed by atoms with Gasteiger partial charge in [0.25, 0.3) is 0 Å². The van der Waals surface area contributed by atoms with Crippen molar-refractivity contribution in [3.63, 3.8) is 0 Å². The van der Waals surface area contributed by atoms with Crippen LogP contribution in [-0.4, -0.2) is 51.9 Å². The molecule has 0 fully saturated rings. The Morgan fingerprint density at radius 3 is 2.12 bits per heavy atom. The number of nitrogens with zero attached hydrogens (tertiary/aromatic N) is 1. The summed E-state index contributed by atoms with van der Waals surface area (Å²) in [5.74, 6) is -1.32. The minimum atomic E-state index is -4.16. The first-order valence-electron chi connectivity index (χ1n) is 10.1. The summed E-state index contributed by atoms with van der Waals surface area (Å²) in [5, 5.41) is 0. The molecule has 174 valence electrons. The molecule has 0 aromatic heterocycles. The zero-order valence-corrected chi connectivity index (χ0v) is 19.8. The second-order valence-corrected chi connectivity index (χ2v) is 9.62. The van der Waals surface area contributed by atoms with E-state index in [0.717, 1.165) is 5.56 Å². The topological polar surface area (TPSA) is 102 Å². The molecular weight excluding hydrogens is 432 g/mol. The van der Waals surface area contributed by atoms with Crippen molar-refractivity contribution in [2.75, 3.05) is 21.2 Å². The predicted octanol–water partition coefficient (Wildman–Crippen LogP) is 2.59. The molecule has 0 heterocycles. The average Bonchev–Trinajstić information content (AvgIpc) is 2.77. The van der Waals surface area contributed by atoms with Gasteiger partial charge in [-0.15, -0.1) is 0 Å². The molecule has 0 aliphatic rings. The van der Waals surface area contributed by atoms with Gasteiger partial charge in [0, 0.05) is 14.1 Å². The van der Waals surface area contributed by atoms with Gasteiger partial charge in [0.15, 0.2) is 0 Å². The Labute approximate surface area is 189 Å². The highest BCUT2D eigenvalue weighted by molar-refractivity contribution is 7.89. The molecule has 2 aromatic rings. The molecule has 2 aromatic carbocycles. The fourth-order valence-electron chi connectivity index (χ4n) is 3.01. The number of ether oxygens (including phenoxy) is 2.